The van der Waals surface area contributed by atoms with E-state index < -0.39 is 5.97 Å². The Labute approximate surface area is 163 Å². The zero-order valence-electron chi connectivity index (χ0n) is 15.8. The van der Waals surface area contributed by atoms with Crippen LogP contribution in [0.2, 0.25) is 0 Å². The molecule has 1 aromatic carbocycles. The summed E-state index contributed by atoms with van der Waals surface area (Å²) < 4.78 is 5.10. The lowest BCUT2D eigenvalue weighted by Gasteiger charge is -2.07. The van der Waals surface area contributed by atoms with Crippen molar-refractivity contribution in [3.63, 3.8) is 0 Å². The fourth-order valence-corrected chi connectivity index (χ4v) is 3.31. The third-order valence-corrected chi connectivity index (χ3v) is 4.97. The molecule has 0 fully saturated rings. The standard InChI is InChI=1S/C20H24N2O4S/c1-4-5-6-7-18(24)22-16-10-8-15(9-11-16)17(23)12-26-20(25)19-13(2)21-14(3)27-19/h8-11H,4-7,12H2,1-3H3,(H,22,24). The highest BCUT2D eigenvalue weighted by Gasteiger charge is 2.17. The molecule has 0 saturated heterocycles. The van der Waals surface area contributed by atoms with E-state index in [0.717, 1.165) is 24.3 Å². The first-order valence-corrected chi connectivity index (χ1v) is 9.76. The second-order valence-electron chi connectivity index (χ2n) is 6.23. The maximum absolute atomic E-state index is 12.2. The summed E-state index contributed by atoms with van der Waals surface area (Å²) in [5.41, 5.74) is 1.67. The number of rotatable bonds is 9. The van der Waals surface area contributed by atoms with Crippen molar-refractivity contribution in [3.05, 3.63) is 45.4 Å². The zero-order chi connectivity index (χ0) is 19.8. The first kappa shape index (κ1) is 20.8. The number of Topliss-reactive ketones (excluding diaryl/α,β-unsaturated/α-hetero) is 1. The molecule has 0 atom stereocenters. The Morgan fingerprint density at radius 2 is 1.81 bits per heavy atom. The number of hydrogen-bond acceptors (Lipinski definition) is 6. The Bertz CT molecular complexity index is 812. The molecule has 1 amide bonds. The minimum absolute atomic E-state index is 0.0355. The third-order valence-electron chi connectivity index (χ3n) is 3.92. The van der Waals surface area contributed by atoms with Gasteiger partial charge in [0.2, 0.25) is 5.91 Å². The van der Waals surface area contributed by atoms with Gasteiger partial charge in [-0.25, -0.2) is 9.78 Å². The van der Waals surface area contributed by atoms with E-state index in [9.17, 15) is 14.4 Å². The van der Waals surface area contributed by atoms with E-state index in [2.05, 4.69) is 17.2 Å². The van der Waals surface area contributed by atoms with Crippen molar-refractivity contribution in [3.8, 4) is 0 Å². The molecule has 2 aromatic rings. The van der Waals surface area contributed by atoms with Crippen LogP contribution >= 0.6 is 11.3 Å². The van der Waals surface area contributed by atoms with Gasteiger partial charge in [0.15, 0.2) is 12.4 Å². The van der Waals surface area contributed by atoms with Crippen molar-refractivity contribution in [2.75, 3.05) is 11.9 Å². The average Bonchev–Trinajstić information content (AvgIpc) is 2.98. The summed E-state index contributed by atoms with van der Waals surface area (Å²) in [5, 5.41) is 3.58. The van der Waals surface area contributed by atoms with E-state index in [-0.39, 0.29) is 18.3 Å². The maximum Gasteiger partial charge on any atom is 0.350 e. The van der Waals surface area contributed by atoms with Gasteiger partial charge in [-0.05, 0) is 44.5 Å². The predicted molar refractivity (Wildman–Crippen MR) is 105 cm³/mol. The molecule has 1 heterocycles. The van der Waals surface area contributed by atoms with Crippen molar-refractivity contribution < 1.29 is 19.1 Å². The number of amides is 1. The van der Waals surface area contributed by atoms with Gasteiger partial charge in [-0.3, -0.25) is 9.59 Å². The number of anilines is 1. The van der Waals surface area contributed by atoms with E-state index in [0.29, 0.717) is 28.2 Å². The van der Waals surface area contributed by atoms with Crippen LogP contribution in [0.15, 0.2) is 24.3 Å². The summed E-state index contributed by atoms with van der Waals surface area (Å²) in [6.07, 6.45) is 3.45. The number of nitrogens with one attached hydrogen (secondary N) is 1. The second kappa shape index (κ2) is 9.97. The average molecular weight is 388 g/mol. The fraction of sp³-hybridized carbons (Fsp3) is 0.400. The van der Waals surface area contributed by atoms with Gasteiger partial charge in [0.1, 0.15) is 4.88 Å². The SMILES string of the molecule is CCCCCC(=O)Nc1ccc(C(=O)COC(=O)c2sc(C)nc2C)cc1. The molecule has 1 N–H and O–H groups in total. The third kappa shape index (κ3) is 6.29. The van der Waals surface area contributed by atoms with Crippen molar-refractivity contribution in [2.24, 2.45) is 0 Å². The Morgan fingerprint density at radius 3 is 2.41 bits per heavy atom. The normalized spacial score (nSPS) is 10.5. The van der Waals surface area contributed by atoms with Crippen molar-refractivity contribution in [2.45, 2.75) is 46.5 Å². The lowest BCUT2D eigenvalue weighted by molar-refractivity contribution is -0.116. The van der Waals surface area contributed by atoms with Crippen LogP contribution in [-0.4, -0.2) is 29.3 Å². The minimum atomic E-state index is -0.539. The lowest BCUT2D eigenvalue weighted by Crippen LogP contribution is -2.14. The first-order chi connectivity index (χ1) is 12.9. The van der Waals surface area contributed by atoms with Gasteiger partial charge in [-0.1, -0.05) is 19.8 Å². The number of aryl methyl sites for hydroxylation is 2. The molecular weight excluding hydrogens is 364 g/mol. The van der Waals surface area contributed by atoms with Crippen LogP contribution in [-0.2, 0) is 9.53 Å². The maximum atomic E-state index is 12.2. The van der Waals surface area contributed by atoms with Crippen LogP contribution in [0.3, 0.4) is 0 Å². The van der Waals surface area contributed by atoms with Crippen molar-refractivity contribution in [1.82, 2.24) is 4.98 Å². The number of carbonyl (C=O) groups excluding carboxylic acids is 3. The number of benzene rings is 1. The summed E-state index contributed by atoms with van der Waals surface area (Å²) in [6, 6.07) is 6.56. The highest BCUT2D eigenvalue weighted by atomic mass is 32.1. The molecule has 0 saturated carbocycles. The molecule has 0 aliphatic carbocycles. The van der Waals surface area contributed by atoms with Gasteiger partial charge < -0.3 is 10.1 Å². The number of nitrogens with zero attached hydrogens (tertiary/aromatic N) is 1. The number of ketones is 1. The summed E-state index contributed by atoms with van der Waals surface area (Å²) in [7, 11) is 0. The summed E-state index contributed by atoms with van der Waals surface area (Å²) in [6.45, 7) is 5.29. The Kier molecular flexibility index (Phi) is 7.67. The smallest absolute Gasteiger partial charge is 0.350 e. The van der Waals surface area contributed by atoms with Gasteiger partial charge in [-0.2, -0.15) is 0 Å². The molecule has 0 bridgehead atoms. The molecule has 1 aromatic heterocycles. The fourth-order valence-electron chi connectivity index (χ4n) is 2.50. The molecule has 0 radical (unpaired) electrons. The first-order valence-electron chi connectivity index (χ1n) is 8.95. The molecular formula is C20H24N2O4S. The van der Waals surface area contributed by atoms with E-state index in [1.165, 1.54) is 11.3 Å². The number of hydrogen-bond donors (Lipinski definition) is 1. The van der Waals surface area contributed by atoms with Crippen molar-refractivity contribution in [1.29, 1.82) is 0 Å². The number of esters is 1. The summed E-state index contributed by atoms with van der Waals surface area (Å²) >= 11 is 1.25. The van der Waals surface area contributed by atoms with Gasteiger partial charge >= 0.3 is 5.97 Å². The van der Waals surface area contributed by atoms with Gasteiger partial charge in [0.25, 0.3) is 0 Å². The second-order valence-corrected chi connectivity index (χ2v) is 7.43. The number of ether oxygens (including phenoxy) is 1. The molecule has 0 aliphatic heterocycles. The molecule has 144 valence electrons. The van der Waals surface area contributed by atoms with E-state index in [1.54, 1.807) is 31.2 Å². The minimum Gasteiger partial charge on any atom is -0.453 e. The Balaban J connectivity index is 1.85. The lowest BCUT2D eigenvalue weighted by atomic mass is 10.1. The number of unbranched alkanes of at least 4 members (excludes halogenated alkanes) is 2. The van der Waals surface area contributed by atoms with Crippen LogP contribution < -0.4 is 5.32 Å². The zero-order valence-corrected chi connectivity index (χ0v) is 16.6. The largest absolute Gasteiger partial charge is 0.453 e. The van der Waals surface area contributed by atoms with E-state index in [1.807, 2.05) is 6.92 Å². The van der Waals surface area contributed by atoms with E-state index >= 15 is 0 Å². The highest BCUT2D eigenvalue weighted by molar-refractivity contribution is 7.13. The molecule has 0 spiro atoms. The van der Waals surface area contributed by atoms with Crippen LogP contribution in [0.1, 0.15) is 63.3 Å². The van der Waals surface area contributed by atoms with Crippen LogP contribution in [0.25, 0.3) is 0 Å². The van der Waals surface area contributed by atoms with Gasteiger partial charge in [-0.15, -0.1) is 11.3 Å². The van der Waals surface area contributed by atoms with Gasteiger partial charge in [0.05, 0.1) is 10.7 Å². The number of aromatic nitrogens is 1. The Hall–Kier alpha value is -2.54. The number of thiazole rings is 1. The molecule has 27 heavy (non-hydrogen) atoms. The monoisotopic (exact) mass is 388 g/mol. The molecule has 2 rings (SSSR count). The van der Waals surface area contributed by atoms with Crippen LogP contribution in [0.4, 0.5) is 5.69 Å². The van der Waals surface area contributed by atoms with Gasteiger partial charge in [0, 0.05) is 17.7 Å². The summed E-state index contributed by atoms with van der Waals surface area (Å²) in [4.78, 5) is 40.6. The van der Waals surface area contributed by atoms with Crippen LogP contribution in [0, 0.1) is 13.8 Å². The van der Waals surface area contributed by atoms with E-state index in [4.69, 9.17) is 4.74 Å². The topological polar surface area (TPSA) is 85.4 Å². The quantitative estimate of drug-likeness (QED) is 0.393. The summed E-state index contributed by atoms with van der Waals surface area (Å²) in [5.74, 6) is -0.878. The molecule has 7 heteroatoms. The molecule has 6 nitrogen and oxygen atoms in total. The Morgan fingerprint density at radius 1 is 1.11 bits per heavy atom. The molecule has 0 aliphatic rings. The number of carbonyl (C=O) groups is 3. The highest BCUT2D eigenvalue weighted by Crippen LogP contribution is 2.18. The van der Waals surface area contributed by atoms with Crippen molar-refractivity contribution >= 4 is 34.7 Å². The predicted octanol–water partition coefficient (Wildman–Crippen LogP) is 4.32. The van der Waals surface area contributed by atoms with Crippen LogP contribution in [0.5, 0.6) is 0 Å². The molecule has 0 unspecified atom stereocenters.